The molecule has 1 aromatic heterocycles. The fraction of sp³-hybridized carbons (Fsp3) is 0.0526. The molecule has 0 amide bonds. The number of phenolic OH excluding ortho intramolecular Hbond substituents is 1. The second-order valence-corrected chi connectivity index (χ2v) is 6.12. The number of nitrogens with zero attached hydrogens (tertiary/aromatic N) is 1. The maximum Gasteiger partial charge on any atom is 0.135 e. The Bertz CT molecular complexity index is 1050. The highest BCUT2D eigenvalue weighted by Gasteiger charge is 2.27. The van der Waals surface area contributed by atoms with E-state index in [1.807, 2.05) is 18.2 Å². The van der Waals surface area contributed by atoms with Crippen LogP contribution in [-0.2, 0) is 0 Å². The highest BCUT2D eigenvalue weighted by Crippen LogP contribution is 2.46. The number of para-hydroxylation sites is 1. The fourth-order valence-corrected chi connectivity index (χ4v) is 3.85. The number of rotatable bonds is 0. The molecule has 3 heteroatoms. The Kier molecular flexibility index (Phi) is 2.23. The van der Waals surface area contributed by atoms with Gasteiger partial charge in [0.15, 0.2) is 0 Å². The van der Waals surface area contributed by atoms with Crippen molar-refractivity contribution in [2.75, 3.05) is 0 Å². The van der Waals surface area contributed by atoms with Crippen LogP contribution in [0.15, 0.2) is 60.2 Å². The third kappa shape index (κ3) is 1.36. The molecule has 22 heavy (non-hydrogen) atoms. The zero-order valence-corrected chi connectivity index (χ0v) is 12.4. The van der Waals surface area contributed by atoms with Gasteiger partial charge in [-0.25, -0.2) is 0 Å². The summed E-state index contributed by atoms with van der Waals surface area (Å²) in [5.41, 5.74) is 4.35. The molecule has 0 radical (unpaired) electrons. The third-order valence-corrected chi connectivity index (χ3v) is 4.97. The van der Waals surface area contributed by atoms with Crippen molar-refractivity contribution in [2.45, 2.75) is 6.04 Å². The molecule has 0 saturated carbocycles. The molecule has 2 aliphatic rings. The molecule has 0 spiro atoms. The van der Waals surface area contributed by atoms with Crippen molar-refractivity contribution in [3.8, 4) is 5.75 Å². The lowest BCUT2D eigenvalue weighted by Gasteiger charge is -2.26. The summed E-state index contributed by atoms with van der Waals surface area (Å²) < 4.78 is 2.32. The van der Waals surface area contributed by atoms with Gasteiger partial charge in [-0.05, 0) is 23.8 Å². The van der Waals surface area contributed by atoms with Gasteiger partial charge in [0.2, 0.25) is 0 Å². The van der Waals surface area contributed by atoms with Crippen LogP contribution in [0.4, 0.5) is 0 Å². The molecule has 106 valence electrons. The van der Waals surface area contributed by atoms with Gasteiger partial charge in [-0.1, -0.05) is 54.1 Å². The van der Waals surface area contributed by atoms with Crippen LogP contribution in [-0.4, -0.2) is 9.67 Å². The van der Waals surface area contributed by atoms with Crippen LogP contribution in [0.3, 0.4) is 0 Å². The number of fused-ring (bicyclic) bond motifs is 5. The average Bonchev–Trinajstić information content (AvgIpc) is 2.88. The van der Waals surface area contributed by atoms with E-state index in [2.05, 4.69) is 41.0 Å². The molecule has 1 atom stereocenters. The Labute approximate surface area is 132 Å². The van der Waals surface area contributed by atoms with E-state index in [1.165, 1.54) is 5.57 Å². The molecule has 2 heterocycles. The Morgan fingerprint density at radius 3 is 2.86 bits per heavy atom. The summed E-state index contributed by atoms with van der Waals surface area (Å²) in [6.07, 6.45) is 10.5. The lowest BCUT2D eigenvalue weighted by atomic mass is 9.94. The Morgan fingerprint density at radius 1 is 1.09 bits per heavy atom. The summed E-state index contributed by atoms with van der Waals surface area (Å²) in [5.74, 6) is 0.137. The predicted octanol–water partition coefficient (Wildman–Crippen LogP) is 5.22. The molecular weight excluding hydrogens is 294 g/mol. The lowest BCUT2D eigenvalue weighted by Crippen LogP contribution is -2.13. The van der Waals surface area contributed by atoms with Crippen LogP contribution >= 0.6 is 11.6 Å². The Morgan fingerprint density at radius 2 is 1.95 bits per heavy atom. The number of aromatic hydroxyl groups is 1. The molecule has 1 N–H and O–H groups in total. The summed E-state index contributed by atoms with van der Waals surface area (Å²) in [7, 11) is 0. The van der Waals surface area contributed by atoms with Crippen molar-refractivity contribution >= 4 is 39.5 Å². The molecule has 0 saturated heterocycles. The normalized spacial score (nSPS) is 18.8. The summed E-state index contributed by atoms with van der Waals surface area (Å²) >= 11 is 6.39. The molecule has 2 aromatic carbocycles. The minimum Gasteiger partial charge on any atom is -0.506 e. The van der Waals surface area contributed by atoms with Crippen molar-refractivity contribution in [2.24, 2.45) is 0 Å². The summed E-state index contributed by atoms with van der Waals surface area (Å²) in [6, 6.07) is 10.3. The van der Waals surface area contributed by atoms with Crippen LogP contribution in [0.2, 0.25) is 5.02 Å². The Hall–Kier alpha value is -2.45. The highest BCUT2D eigenvalue weighted by atomic mass is 35.5. The number of hydrogen-bond donors (Lipinski definition) is 1. The minimum atomic E-state index is 0.137. The first-order valence-electron chi connectivity index (χ1n) is 7.26. The summed E-state index contributed by atoms with van der Waals surface area (Å²) in [6.45, 7) is 0. The molecule has 3 aromatic rings. The van der Waals surface area contributed by atoms with Gasteiger partial charge < -0.3 is 9.67 Å². The van der Waals surface area contributed by atoms with E-state index in [1.54, 1.807) is 6.07 Å². The van der Waals surface area contributed by atoms with E-state index < -0.39 is 0 Å². The first-order valence-corrected chi connectivity index (χ1v) is 7.64. The zero-order valence-electron chi connectivity index (χ0n) is 11.6. The van der Waals surface area contributed by atoms with Crippen molar-refractivity contribution < 1.29 is 5.11 Å². The van der Waals surface area contributed by atoms with Gasteiger partial charge in [-0.3, -0.25) is 0 Å². The van der Waals surface area contributed by atoms with E-state index in [-0.39, 0.29) is 11.8 Å². The molecule has 5 rings (SSSR count). The fourth-order valence-electron chi connectivity index (χ4n) is 3.65. The summed E-state index contributed by atoms with van der Waals surface area (Å²) in [5, 5.41) is 12.8. The first kappa shape index (κ1) is 12.1. The van der Waals surface area contributed by atoms with Gasteiger partial charge in [0.1, 0.15) is 5.75 Å². The van der Waals surface area contributed by atoms with Crippen molar-refractivity contribution in [3.63, 3.8) is 0 Å². The molecule has 0 bridgehead atoms. The predicted molar refractivity (Wildman–Crippen MR) is 91.4 cm³/mol. The molecule has 2 nitrogen and oxygen atoms in total. The number of halogens is 1. The van der Waals surface area contributed by atoms with E-state index >= 15 is 0 Å². The van der Waals surface area contributed by atoms with Gasteiger partial charge in [0, 0.05) is 21.9 Å². The van der Waals surface area contributed by atoms with Crippen LogP contribution in [0.5, 0.6) is 5.75 Å². The number of phenols is 1. The van der Waals surface area contributed by atoms with Crippen LogP contribution < -0.4 is 0 Å². The lowest BCUT2D eigenvalue weighted by molar-refractivity contribution is 0.476. The van der Waals surface area contributed by atoms with Gasteiger partial charge >= 0.3 is 0 Å². The topological polar surface area (TPSA) is 25.2 Å². The number of aromatic nitrogens is 1. The number of benzene rings is 2. The van der Waals surface area contributed by atoms with Crippen LogP contribution in [0.25, 0.3) is 27.9 Å². The third-order valence-electron chi connectivity index (χ3n) is 4.57. The SMILES string of the molecule is Oc1cc2c3ccccc3n3c2c(c1Cl)C=C1C=CC=CC13. The smallest absolute Gasteiger partial charge is 0.135 e. The molecule has 1 aliphatic heterocycles. The maximum atomic E-state index is 10.2. The maximum absolute atomic E-state index is 10.2. The second kappa shape index (κ2) is 4.05. The quantitative estimate of drug-likeness (QED) is 0.605. The van der Waals surface area contributed by atoms with Crippen LogP contribution in [0, 0.1) is 0 Å². The first-order chi connectivity index (χ1) is 10.8. The second-order valence-electron chi connectivity index (χ2n) is 5.74. The van der Waals surface area contributed by atoms with E-state index in [0.29, 0.717) is 5.02 Å². The van der Waals surface area contributed by atoms with Gasteiger partial charge in [-0.2, -0.15) is 0 Å². The molecule has 1 aliphatic carbocycles. The Balaban J connectivity index is 2.08. The monoisotopic (exact) mass is 305 g/mol. The van der Waals surface area contributed by atoms with Crippen molar-refractivity contribution in [3.05, 3.63) is 70.8 Å². The van der Waals surface area contributed by atoms with Gasteiger partial charge in [0.05, 0.1) is 16.6 Å². The summed E-state index contributed by atoms with van der Waals surface area (Å²) in [4.78, 5) is 0. The largest absolute Gasteiger partial charge is 0.506 e. The standard InChI is InChI=1S/C19H12ClNO/c20-18-14-9-11-5-1-3-7-15(11)21-16-8-4-2-6-12(16)13(19(14)21)10-17(18)22/h1-10,15,22H. The number of hydrogen-bond acceptors (Lipinski definition) is 1. The van der Waals surface area contributed by atoms with E-state index in [4.69, 9.17) is 11.6 Å². The molecule has 0 fully saturated rings. The number of allylic oxidation sites excluding steroid dienone is 5. The minimum absolute atomic E-state index is 0.137. The average molecular weight is 306 g/mol. The van der Waals surface area contributed by atoms with Crippen molar-refractivity contribution in [1.29, 1.82) is 0 Å². The van der Waals surface area contributed by atoms with E-state index in [9.17, 15) is 5.11 Å². The molecule has 1 unspecified atom stereocenters. The van der Waals surface area contributed by atoms with Gasteiger partial charge in [0.25, 0.3) is 0 Å². The molecular formula is C19H12ClNO. The zero-order chi connectivity index (χ0) is 14.8. The van der Waals surface area contributed by atoms with Crippen molar-refractivity contribution in [1.82, 2.24) is 4.57 Å². The van der Waals surface area contributed by atoms with E-state index in [0.717, 1.165) is 27.4 Å². The van der Waals surface area contributed by atoms with Crippen LogP contribution in [0.1, 0.15) is 11.6 Å². The highest BCUT2D eigenvalue weighted by molar-refractivity contribution is 6.35. The van der Waals surface area contributed by atoms with Gasteiger partial charge in [-0.15, -0.1) is 0 Å².